The van der Waals surface area contributed by atoms with E-state index < -0.39 is 0 Å². The van der Waals surface area contributed by atoms with Crippen LogP contribution in [-0.4, -0.2) is 32.7 Å². The minimum atomic E-state index is -0.0832. The molecule has 0 saturated carbocycles. The van der Waals surface area contributed by atoms with E-state index in [-0.39, 0.29) is 5.56 Å². The standard InChI is InChI=1S/C12H17N5O/c1-8-14-12-15-10(6-11(18)17(12)16-8)3-2-9-4-5-13-7-9/h6,9,13H,2-5,7H2,1H3,(H,14,15,16). The summed E-state index contributed by atoms with van der Waals surface area (Å²) in [5.41, 5.74) is 0.763. The van der Waals surface area contributed by atoms with Crippen LogP contribution in [0, 0.1) is 12.8 Å². The van der Waals surface area contributed by atoms with Crippen molar-refractivity contribution in [2.45, 2.75) is 26.2 Å². The number of H-pyrrole nitrogens is 1. The van der Waals surface area contributed by atoms with E-state index in [1.165, 1.54) is 10.9 Å². The third-order valence-electron chi connectivity index (χ3n) is 3.47. The second-order valence-electron chi connectivity index (χ2n) is 4.93. The van der Waals surface area contributed by atoms with Gasteiger partial charge in [0.05, 0.1) is 5.69 Å². The Morgan fingerprint density at radius 2 is 2.39 bits per heavy atom. The van der Waals surface area contributed by atoms with E-state index in [4.69, 9.17) is 0 Å². The smallest absolute Gasteiger partial charge is 0.274 e. The highest BCUT2D eigenvalue weighted by atomic mass is 16.1. The number of aromatic amines is 1. The van der Waals surface area contributed by atoms with E-state index in [2.05, 4.69) is 20.4 Å². The Kier molecular flexibility index (Phi) is 2.87. The van der Waals surface area contributed by atoms with E-state index in [1.54, 1.807) is 6.07 Å². The van der Waals surface area contributed by atoms with Crippen LogP contribution in [0.15, 0.2) is 10.9 Å². The van der Waals surface area contributed by atoms with E-state index in [0.717, 1.165) is 31.6 Å². The molecule has 96 valence electrons. The van der Waals surface area contributed by atoms with Gasteiger partial charge in [-0.1, -0.05) is 0 Å². The Bertz CT molecular complexity index is 608. The van der Waals surface area contributed by atoms with Gasteiger partial charge in [0, 0.05) is 6.07 Å². The van der Waals surface area contributed by atoms with Crippen LogP contribution in [0.1, 0.15) is 24.4 Å². The highest BCUT2D eigenvalue weighted by Gasteiger charge is 2.15. The third kappa shape index (κ3) is 2.15. The molecule has 3 heterocycles. The monoisotopic (exact) mass is 247 g/mol. The van der Waals surface area contributed by atoms with Crippen molar-refractivity contribution in [2.75, 3.05) is 13.1 Å². The molecular formula is C12H17N5O. The zero-order valence-corrected chi connectivity index (χ0v) is 10.4. The molecule has 1 unspecified atom stereocenters. The van der Waals surface area contributed by atoms with Crippen LogP contribution in [0.2, 0.25) is 0 Å². The van der Waals surface area contributed by atoms with Crippen LogP contribution in [0.25, 0.3) is 5.78 Å². The van der Waals surface area contributed by atoms with Gasteiger partial charge in [0.1, 0.15) is 5.82 Å². The molecule has 0 radical (unpaired) electrons. The molecule has 2 aromatic rings. The van der Waals surface area contributed by atoms with E-state index >= 15 is 0 Å². The molecule has 1 saturated heterocycles. The summed E-state index contributed by atoms with van der Waals surface area (Å²) >= 11 is 0. The lowest BCUT2D eigenvalue weighted by Gasteiger charge is -2.06. The first-order valence-electron chi connectivity index (χ1n) is 6.38. The summed E-state index contributed by atoms with van der Waals surface area (Å²) in [6.07, 6.45) is 3.16. The van der Waals surface area contributed by atoms with Gasteiger partial charge in [0.25, 0.3) is 11.3 Å². The summed E-state index contributed by atoms with van der Waals surface area (Å²) in [5.74, 6) is 1.89. The third-order valence-corrected chi connectivity index (χ3v) is 3.47. The summed E-state index contributed by atoms with van der Waals surface area (Å²) in [7, 11) is 0. The molecule has 0 spiro atoms. The number of hydrogen-bond donors (Lipinski definition) is 2. The SMILES string of the molecule is Cc1nc2nc(CCC3CCNC3)cc(=O)n2[nH]1. The number of nitrogens with one attached hydrogen (secondary N) is 2. The van der Waals surface area contributed by atoms with Crippen molar-refractivity contribution >= 4 is 5.78 Å². The average molecular weight is 247 g/mol. The first-order valence-corrected chi connectivity index (χ1v) is 6.38. The highest BCUT2D eigenvalue weighted by molar-refractivity contribution is 5.27. The number of aromatic nitrogens is 4. The van der Waals surface area contributed by atoms with Crippen LogP contribution in [0.3, 0.4) is 0 Å². The first kappa shape index (κ1) is 11.4. The molecule has 6 nitrogen and oxygen atoms in total. The van der Waals surface area contributed by atoms with Crippen molar-refractivity contribution in [3.63, 3.8) is 0 Å². The zero-order valence-electron chi connectivity index (χ0n) is 10.4. The Hall–Kier alpha value is -1.69. The van der Waals surface area contributed by atoms with Gasteiger partial charge < -0.3 is 5.32 Å². The van der Waals surface area contributed by atoms with Gasteiger partial charge in [0.15, 0.2) is 0 Å². The topological polar surface area (TPSA) is 75.1 Å². The van der Waals surface area contributed by atoms with Crippen molar-refractivity contribution < 1.29 is 0 Å². The number of aryl methyl sites for hydroxylation is 2. The summed E-state index contributed by atoms with van der Waals surface area (Å²) < 4.78 is 1.38. The molecule has 2 N–H and O–H groups in total. The number of nitrogens with zero attached hydrogens (tertiary/aromatic N) is 3. The molecule has 1 aliphatic rings. The highest BCUT2D eigenvalue weighted by Crippen LogP contribution is 2.14. The Morgan fingerprint density at radius 3 is 3.17 bits per heavy atom. The van der Waals surface area contributed by atoms with E-state index in [9.17, 15) is 4.79 Å². The molecule has 1 aliphatic heterocycles. The average Bonchev–Trinajstić information content (AvgIpc) is 2.94. The molecule has 3 rings (SSSR count). The summed E-state index contributed by atoms with van der Waals surface area (Å²) in [6.45, 7) is 4.01. The molecule has 6 heteroatoms. The van der Waals surface area contributed by atoms with Crippen LogP contribution in [0.4, 0.5) is 0 Å². The maximum Gasteiger partial charge on any atom is 0.274 e. The molecule has 18 heavy (non-hydrogen) atoms. The second-order valence-corrected chi connectivity index (χ2v) is 4.93. The van der Waals surface area contributed by atoms with Crippen molar-refractivity contribution in [3.05, 3.63) is 27.9 Å². The largest absolute Gasteiger partial charge is 0.316 e. The lowest BCUT2D eigenvalue weighted by Crippen LogP contribution is -2.16. The van der Waals surface area contributed by atoms with Gasteiger partial charge in [-0.15, -0.1) is 0 Å². The second kappa shape index (κ2) is 4.53. The molecular weight excluding hydrogens is 230 g/mol. The zero-order chi connectivity index (χ0) is 12.5. The van der Waals surface area contributed by atoms with Gasteiger partial charge in [-0.3, -0.25) is 9.89 Å². The Morgan fingerprint density at radius 1 is 1.50 bits per heavy atom. The number of hydrogen-bond acceptors (Lipinski definition) is 4. The fraction of sp³-hybridized carbons (Fsp3) is 0.583. The quantitative estimate of drug-likeness (QED) is 0.816. The Labute approximate surface area is 104 Å². The predicted octanol–water partition coefficient (Wildman–Crippen LogP) is 0.268. The van der Waals surface area contributed by atoms with Crippen LogP contribution >= 0.6 is 0 Å². The lowest BCUT2D eigenvalue weighted by atomic mass is 10.0. The number of fused-ring (bicyclic) bond motifs is 1. The van der Waals surface area contributed by atoms with Crippen LogP contribution < -0.4 is 10.9 Å². The van der Waals surface area contributed by atoms with Crippen LogP contribution in [-0.2, 0) is 6.42 Å². The molecule has 1 fully saturated rings. The summed E-state index contributed by atoms with van der Waals surface area (Å²) in [6, 6.07) is 1.60. The minimum absolute atomic E-state index is 0.0832. The molecule has 0 aliphatic carbocycles. The van der Waals surface area contributed by atoms with E-state index in [0.29, 0.717) is 17.5 Å². The first-order chi connectivity index (χ1) is 8.72. The van der Waals surface area contributed by atoms with Gasteiger partial charge >= 0.3 is 0 Å². The van der Waals surface area contributed by atoms with Gasteiger partial charge in [0.2, 0.25) is 0 Å². The predicted molar refractivity (Wildman–Crippen MR) is 67.6 cm³/mol. The summed E-state index contributed by atoms with van der Waals surface area (Å²) in [4.78, 5) is 20.5. The van der Waals surface area contributed by atoms with Crippen molar-refractivity contribution in [3.8, 4) is 0 Å². The fourth-order valence-electron chi connectivity index (χ4n) is 2.47. The molecule has 0 bridgehead atoms. The molecule has 2 aromatic heterocycles. The van der Waals surface area contributed by atoms with Crippen LogP contribution in [0.5, 0.6) is 0 Å². The minimum Gasteiger partial charge on any atom is -0.316 e. The lowest BCUT2D eigenvalue weighted by molar-refractivity contribution is 0.529. The van der Waals surface area contributed by atoms with Gasteiger partial charge in [-0.25, -0.2) is 4.98 Å². The summed E-state index contributed by atoms with van der Waals surface area (Å²) in [5, 5.41) is 6.22. The maximum atomic E-state index is 11.8. The van der Waals surface area contributed by atoms with E-state index in [1.807, 2.05) is 6.92 Å². The van der Waals surface area contributed by atoms with Crippen molar-refractivity contribution in [1.29, 1.82) is 0 Å². The molecule has 1 atom stereocenters. The molecule has 0 aromatic carbocycles. The van der Waals surface area contributed by atoms with Crippen molar-refractivity contribution in [1.82, 2.24) is 24.9 Å². The van der Waals surface area contributed by atoms with Crippen molar-refractivity contribution in [2.24, 2.45) is 5.92 Å². The Balaban J connectivity index is 1.81. The number of rotatable bonds is 3. The van der Waals surface area contributed by atoms with Gasteiger partial charge in [-0.2, -0.15) is 9.50 Å². The fourth-order valence-corrected chi connectivity index (χ4v) is 2.47. The maximum absolute atomic E-state index is 11.8. The normalized spacial score (nSPS) is 19.7. The molecule has 0 amide bonds. The van der Waals surface area contributed by atoms with Gasteiger partial charge in [-0.05, 0) is 45.2 Å².